The van der Waals surface area contributed by atoms with Crippen molar-refractivity contribution >= 4 is 52.8 Å². The third-order valence-corrected chi connectivity index (χ3v) is 13.0. The molecule has 0 aromatic carbocycles. The topological polar surface area (TPSA) is 181 Å². The van der Waals surface area contributed by atoms with Gasteiger partial charge in [0.2, 0.25) is 11.8 Å². The van der Waals surface area contributed by atoms with E-state index in [1.54, 1.807) is 19.3 Å². The highest BCUT2D eigenvalue weighted by molar-refractivity contribution is 7.14. The van der Waals surface area contributed by atoms with Gasteiger partial charge in [-0.2, -0.15) is 0 Å². The maximum atomic E-state index is 14.8. The monoisotopic (exact) mass is 804 g/mol. The van der Waals surface area contributed by atoms with Gasteiger partial charge in [0.05, 0.1) is 30.7 Å². The fourth-order valence-corrected chi connectivity index (χ4v) is 9.73. The highest BCUT2D eigenvalue weighted by atomic mass is 32.1. The number of thiazole rings is 1. The molecule has 57 heavy (non-hydrogen) atoms. The number of fused-ring (bicyclic) bond motifs is 2. The lowest BCUT2D eigenvalue weighted by atomic mass is 9.82. The Morgan fingerprint density at radius 3 is 2.53 bits per heavy atom. The summed E-state index contributed by atoms with van der Waals surface area (Å²) in [4.78, 5) is 78.0. The standard InChI is InChI=1S/C42H56N6O8S/c1-8-26-18-42(26,21-49)47-37(51)33-14-25(19-48(33)38(52)36(41(4,5)6)46-40(53)56-27-12-23-11-24(23)13-27)28-15-29-30(17-35(28)55-10-9-54-7)44-31(16-34(29)50)32-20-57-39(45-32)43-22(2)3/h8,15-17,20-28,33,35-36,44H,1,9-14,18-19H2,2-7H3,(H,43,45)(H,46,53)(H,47,51)/t23-,24+,25-,26?,27?,28?,33?,35?,36?,42+/m1/s1. The van der Waals surface area contributed by atoms with Crippen LogP contribution in [0.25, 0.3) is 23.5 Å². The van der Waals surface area contributed by atoms with E-state index >= 15 is 0 Å². The van der Waals surface area contributed by atoms with Crippen LogP contribution in [0.2, 0.25) is 0 Å². The van der Waals surface area contributed by atoms with Crippen LogP contribution >= 0.6 is 11.3 Å². The molecular weight excluding hydrogens is 749 g/mol. The van der Waals surface area contributed by atoms with Crippen molar-refractivity contribution in [3.8, 4) is 11.4 Å². The van der Waals surface area contributed by atoms with Crippen molar-refractivity contribution in [1.82, 2.24) is 25.5 Å². The summed E-state index contributed by atoms with van der Waals surface area (Å²) in [6, 6.07) is -0.245. The van der Waals surface area contributed by atoms with Gasteiger partial charge in [-0.05, 0) is 75.2 Å². The molecule has 2 aromatic heterocycles. The van der Waals surface area contributed by atoms with Crippen molar-refractivity contribution in [3.63, 3.8) is 0 Å². The smallest absolute Gasteiger partial charge is 0.408 e. The zero-order valence-electron chi connectivity index (χ0n) is 33.7. The fraction of sp³-hybridized carbons (Fsp3) is 0.619. The molecule has 5 aliphatic rings. The van der Waals surface area contributed by atoms with Gasteiger partial charge >= 0.3 is 6.09 Å². The third kappa shape index (κ3) is 8.75. The molecule has 7 rings (SSSR count). The van der Waals surface area contributed by atoms with Crippen LogP contribution in [0, 0.1) is 35.0 Å². The van der Waals surface area contributed by atoms with Gasteiger partial charge in [-0.3, -0.25) is 14.4 Å². The number of alkyl carbamates (subject to hydrolysis) is 1. The van der Waals surface area contributed by atoms with E-state index in [1.165, 1.54) is 22.7 Å². The van der Waals surface area contributed by atoms with E-state index in [2.05, 4.69) is 32.5 Å². The number of amides is 3. The van der Waals surface area contributed by atoms with E-state index in [1.807, 2.05) is 52.2 Å². The number of nitrogens with zero attached hydrogens (tertiary/aromatic N) is 2. The van der Waals surface area contributed by atoms with E-state index in [0.717, 1.165) is 24.3 Å². The Labute approximate surface area is 336 Å². The molecule has 4 fully saturated rings. The number of nitrogens with one attached hydrogen (secondary N) is 4. The predicted octanol–water partition coefficient (Wildman–Crippen LogP) is 2.96. The lowest BCUT2D eigenvalue weighted by Gasteiger charge is -2.36. The molecular formula is C42H56N6O8S. The first-order valence-corrected chi connectivity index (χ1v) is 21.0. The van der Waals surface area contributed by atoms with Crippen molar-refractivity contribution in [1.29, 1.82) is 0 Å². The summed E-state index contributed by atoms with van der Waals surface area (Å²) in [5.41, 5.74) is -0.810. The largest absolute Gasteiger partial charge is 0.446 e. The van der Waals surface area contributed by atoms with Gasteiger partial charge in [0.15, 0.2) is 10.6 Å². The first-order valence-electron chi connectivity index (χ1n) is 20.1. The van der Waals surface area contributed by atoms with Gasteiger partial charge in [-0.1, -0.05) is 32.9 Å². The van der Waals surface area contributed by atoms with E-state index in [0.29, 0.717) is 46.8 Å². The lowest BCUT2D eigenvalue weighted by Crippen LogP contribution is -2.59. The average Bonchev–Trinajstić information content (AvgIpc) is 3.79. The van der Waals surface area contributed by atoms with E-state index in [9.17, 15) is 24.0 Å². The molecule has 4 aliphatic carbocycles. The number of aromatic nitrogens is 2. The van der Waals surface area contributed by atoms with Gasteiger partial charge in [0, 0.05) is 53.5 Å². The number of likely N-dealkylation sites (tertiary alicyclic amines) is 1. The predicted molar refractivity (Wildman–Crippen MR) is 217 cm³/mol. The van der Waals surface area contributed by atoms with Crippen LogP contribution in [0.1, 0.15) is 66.7 Å². The number of carbonyl (C=O) groups excluding carboxylic acids is 4. The van der Waals surface area contributed by atoms with Gasteiger partial charge in [0.1, 0.15) is 30.0 Å². The second-order valence-electron chi connectivity index (χ2n) is 17.8. The van der Waals surface area contributed by atoms with Crippen molar-refractivity contribution in [2.45, 2.75) is 103 Å². The molecule has 10 atom stereocenters. The normalized spacial score (nSPS) is 30.3. The second-order valence-corrected chi connectivity index (χ2v) is 18.7. The number of pyridine rings is 1. The molecule has 0 bridgehead atoms. The molecule has 3 amide bonds. The first-order chi connectivity index (χ1) is 27.1. The number of methoxy groups -OCH3 is 1. The van der Waals surface area contributed by atoms with Gasteiger partial charge < -0.3 is 44.8 Å². The zero-order valence-corrected chi connectivity index (χ0v) is 34.5. The van der Waals surface area contributed by atoms with Crippen molar-refractivity contribution in [3.05, 3.63) is 44.9 Å². The van der Waals surface area contributed by atoms with Crippen LogP contribution in [0.4, 0.5) is 9.93 Å². The highest BCUT2D eigenvalue weighted by Gasteiger charge is 2.56. The Kier molecular flexibility index (Phi) is 11.6. The Morgan fingerprint density at radius 2 is 1.88 bits per heavy atom. The van der Waals surface area contributed by atoms with Crippen LogP contribution in [0.3, 0.4) is 0 Å². The number of aromatic amines is 1. The minimum absolute atomic E-state index is 0.139. The number of H-pyrrole nitrogens is 1. The molecule has 1 aliphatic heterocycles. The number of ether oxygens (including phenoxy) is 3. The summed E-state index contributed by atoms with van der Waals surface area (Å²) in [6.07, 6.45) is 8.31. The number of rotatable bonds is 15. The maximum Gasteiger partial charge on any atom is 0.408 e. The molecule has 14 nitrogen and oxygen atoms in total. The SMILES string of the molecule is C=CC1C[C@@]1(C=O)NC(=O)C1C[C@@H](C2C=c3c(=O)cc(-c4csc(NC(C)C)n4)[nH]c3=CC2OCCOC)CN1C(=O)C(NC(=O)OC1C[C@@H]2C[C@@H]2C1)C(C)(C)C. The quantitative estimate of drug-likeness (QED) is 0.119. The third-order valence-electron chi connectivity index (χ3n) is 12.2. The summed E-state index contributed by atoms with van der Waals surface area (Å²) >= 11 is 1.46. The molecule has 3 heterocycles. The van der Waals surface area contributed by atoms with Crippen LogP contribution in [-0.2, 0) is 28.6 Å². The highest BCUT2D eigenvalue weighted by Crippen LogP contribution is 2.52. The van der Waals surface area contributed by atoms with Crippen LogP contribution in [0.15, 0.2) is 28.9 Å². The number of aldehydes is 1. The minimum atomic E-state index is -1.08. The molecule has 308 valence electrons. The Morgan fingerprint density at radius 1 is 1.12 bits per heavy atom. The molecule has 2 aromatic rings. The minimum Gasteiger partial charge on any atom is -0.446 e. The Balaban J connectivity index is 1.20. The number of anilines is 1. The van der Waals surface area contributed by atoms with Gasteiger partial charge in [-0.15, -0.1) is 17.9 Å². The summed E-state index contributed by atoms with van der Waals surface area (Å²) in [5, 5.41) is 12.8. The molecule has 1 saturated heterocycles. The van der Waals surface area contributed by atoms with Gasteiger partial charge in [0.25, 0.3) is 0 Å². The van der Waals surface area contributed by atoms with E-state index < -0.39 is 53.0 Å². The summed E-state index contributed by atoms with van der Waals surface area (Å²) < 4.78 is 17.5. The van der Waals surface area contributed by atoms with Crippen LogP contribution in [0.5, 0.6) is 0 Å². The summed E-state index contributed by atoms with van der Waals surface area (Å²) in [6.45, 7) is 14.2. The van der Waals surface area contributed by atoms with Crippen molar-refractivity contribution in [2.24, 2.45) is 35.0 Å². The Bertz CT molecular complexity index is 2070. The van der Waals surface area contributed by atoms with E-state index in [4.69, 9.17) is 14.2 Å². The number of hydrogen-bond acceptors (Lipinski definition) is 11. The molecule has 15 heteroatoms. The van der Waals surface area contributed by atoms with E-state index in [-0.39, 0.29) is 49.0 Å². The molecule has 0 radical (unpaired) electrons. The fourth-order valence-electron chi connectivity index (χ4n) is 8.87. The van der Waals surface area contributed by atoms with Crippen molar-refractivity contribution < 1.29 is 33.4 Å². The Hall–Kier alpha value is -4.34. The molecule has 3 saturated carbocycles. The summed E-state index contributed by atoms with van der Waals surface area (Å²) in [7, 11) is 1.59. The number of hydrogen-bond donors (Lipinski definition) is 4. The maximum absolute atomic E-state index is 14.8. The number of carbonyl (C=O) groups is 4. The van der Waals surface area contributed by atoms with Gasteiger partial charge in [-0.25, -0.2) is 9.78 Å². The summed E-state index contributed by atoms with van der Waals surface area (Å²) in [5.74, 6) is -0.635. The van der Waals surface area contributed by atoms with Crippen LogP contribution < -0.4 is 31.9 Å². The van der Waals surface area contributed by atoms with Crippen LogP contribution in [-0.4, -0.2) is 102 Å². The molecule has 6 unspecified atom stereocenters. The van der Waals surface area contributed by atoms with Crippen molar-refractivity contribution in [2.75, 3.05) is 32.2 Å². The first kappa shape index (κ1) is 40.8. The zero-order chi connectivity index (χ0) is 40.8. The average molecular weight is 805 g/mol. The lowest BCUT2D eigenvalue weighted by molar-refractivity contribution is -0.142. The second kappa shape index (κ2) is 16.1. The molecule has 4 N–H and O–H groups in total. The molecule has 0 spiro atoms.